The monoisotopic (exact) mass is 458 g/mol. The van der Waals surface area contributed by atoms with Crippen molar-refractivity contribution in [3.05, 3.63) is 35.4 Å². The second-order valence-electron chi connectivity index (χ2n) is 6.64. The van der Waals surface area contributed by atoms with E-state index in [9.17, 15) is 4.79 Å². The highest BCUT2D eigenvalue weighted by molar-refractivity contribution is 14.0. The van der Waals surface area contributed by atoms with Crippen LogP contribution in [-0.4, -0.2) is 42.9 Å². The minimum absolute atomic E-state index is 0. The van der Waals surface area contributed by atoms with E-state index in [1.165, 1.54) is 11.1 Å². The number of carbonyl (C=O) groups is 1. The second-order valence-corrected chi connectivity index (χ2v) is 6.64. The SMILES string of the molecule is CCNC(=NCC(=O)N1CCc2ccccc2C1)NCCC(C)C.I. The smallest absolute Gasteiger partial charge is 0.244 e. The molecule has 0 bridgehead atoms. The van der Waals surface area contributed by atoms with Crippen LogP contribution in [0, 0.1) is 5.92 Å². The molecule has 0 atom stereocenters. The van der Waals surface area contributed by atoms with Crippen molar-refractivity contribution in [2.24, 2.45) is 10.9 Å². The zero-order valence-corrected chi connectivity index (χ0v) is 17.9. The van der Waals surface area contributed by atoms with Gasteiger partial charge in [-0.15, -0.1) is 24.0 Å². The molecule has 0 saturated heterocycles. The zero-order valence-electron chi connectivity index (χ0n) is 15.5. The largest absolute Gasteiger partial charge is 0.357 e. The van der Waals surface area contributed by atoms with Gasteiger partial charge in [0.15, 0.2) is 5.96 Å². The van der Waals surface area contributed by atoms with Crippen LogP contribution in [0.1, 0.15) is 38.3 Å². The minimum atomic E-state index is 0. The van der Waals surface area contributed by atoms with Crippen LogP contribution in [-0.2, 0) is 17.8 Å². The average Bonchev–Trinajstić information content (AvgIpc) is 2.58. The van der Waals surface area contributed by atoms with Crippen molar-refractivity contribution >= 4 is 35.8 Å². The van der Waals surface area contributed by atoms with Gasteiger partial charge in [0.25, 0.3) is 0 Å². The number of amides is 1. The molecule has 1 heterocycles. The Bertz CT molecular complexity index is 574. The first-order chi connectivity index (χ1) is 11.6. The van der Waals surface area contributed by atoms with Crippen LogP contribution in [0.15, 0.2) is 29.3 Å². The van der Waals surface area contributed by atoms with Gasteiger partial charge < -0.3 is 15.5 Å². The topological polar surface area (TPSA) is 56.7 Å². The van der Waals surface area contributed by atoms with Gasteiger partial charge in [-0.25, -0.2) is 4.99 Å². The summed E-state index contributed by atoms with van der Waals surface area (Å²) in [6.45, 7) is 9.76. The van der Waals surface area contributed by atoms with Crippen LogP contribution in [0.4, 0.5) is 0 Å². The van der Waals surface area contributed by atoms with Gasteiger partial charge in [-0.1, -0.05) is 38.1 Å². The van der Waals surface area contributed by atoms with Crippen LogP contribution in [0.25, 0.3) is 0 Å². The van der Waals surface area contributed by atoms with Crippen LogP contribution >= 0.6 is 24.0 Å². The number of aliphatic imine (C=N–C) groups is 1. The van der Waals surface area contributed by atoms with Gasteiger partial charge in [-0.05, 0) is 36.8 Å². The number of hydrogen-bond donors (Lipinski definition) is 2. The molecule has 5 nitrogen and oxygen atoms in total. The minimum Gasteiger partial charge on any atom is -0.357 e. The number of nitrogens with zero attached hydrogens (tertiary/aromatic N) is 2. The first-order valence-corrected chi connectivity index (χ1v) is 8.97. The Kier molecular flexibility index (Phi) is 9.85. The molecule has 1 amide bonds. The third-order valence-corrected chi connectivity index (χ3v) is 4.21. The van der Waals surface area contributed by atoms with E-state index in [1.807, 2.05) is 17.9 Å². The maximum Gasteiger partial charge on any atom is 0.244 e. The maximum absolute atomic E-state index is 12.5. The Morgan fingerprint density at radius 2 is 1.96 bits per heavy atom. The van der Waals surface area contributed by atoms with Crippen molar-refractivity contribution in [1.82, 2.24) is 15.5 Å². The molecule has 0 aromatic heterocycles. The molecule has 0 spiro atoms. The molecular formula is C19H31IN4O. The summed E-state index contributed by atoms with van der Waals surface area (Å²) in [7, 11) is 0. The Morgan fingerprint density at radius 1 is 1.24 bits per heavy atom. The van der Waals surface area contributed by atoms with Crippen molar-refractivity contribution < 1.29 is 4.79 Å². The number of guanidine groups is 1. The fourth-order valence-electron chi connectivity index (χ4n) is 2.78. The highest BCUT2D eigenvalue weighted by Crippen LogP contribution is 2.18. The van der Waals surface area contributed by atoms with E-state index in [1.54, 1.807) is 0 Å². The number of nitrogens with one attached hydrogen (secondary N) is 2. The molecule has 1 aliphatic heterocycles. The molecule has 25 heavy (non-hydrogen) atoms. The molecular weight excluding hydrogens is 427 g/mol. The van der Waals surface area contributed by atoms with Gasteiger partial charge in [-0.2, -0.15) is 0 Å². The van der Waals surface area contributed by atoms with Crippen molar-refractivity contribution in [2.45, 2.75) is 40.2 Å². The highest BCUT2D eigenvalue weighted by atomic mass is 127. The number of rotatable bonds is 6. The van der Waals surface area contributed by atoms with Gasteiger partial charge in [-0.3, -0.25) is 4.79 Å². The summed E-state index contributed by atoms with van der Waals surface area (Å²) in [4.78, 5) is 18.8. The number of carbonyl (C=O) groups excluding carboxylic acids is 1. The third kappa shape index (κ3) is 7.22. The van der Waals surface area contributed by atoms with Crippen molar-refractivity contribution in [2.75, 3.05) is 26.2 Å². The average molecular weight is 458 g/mol. The Morgan fingerprint density at radius 3 is 2.64 bits per heavy atom. The third-order valence-electron chi connectivity index (χ3n) is 4.21. The molecule has 0 aliphatic carbocycles. The number of benzene rings is 1. The van der Waals surface area contributed by atoms with E-state index in [4.69, 9.17) is 0 Å². The Labute approximate surface area is 168 Å². The summed E-state index contributed by atoms with van der Waals surface area (Å²) in [5.41, 5.74) is 2.61. The quantitative estimate of drug-likeness (QED) is 0.392. The zero-order chi connectivity index (χ0) is 17.4. The van der Waals surface area contributed by atoms with Gasteiger partial charge in [0.2, 0.25) is 5.91 Å². The van der Waals surface area contributed by atoms with Crippen LogP contribution in [0.3, 0.4) is 0 Å². The molecule has 1 aliphatic rings. The Balaban J connectivity index is 0.00000312. The first kappa shape index (κ1) is 21.7. The van der Waals surface area contributed by atoms with Crippen LogP contribution in [0.5, 0.6) is 0 Å². The Hall–Kier alpha value is -1.31. The van der Waals surface area contributed by atoms with E-state index in [0.29, 0.717) is 12.5 Å². The molecule has 0 saturated carbocycles. The van der Waals surface area contributed by atoms with Gasteiger partial charge in [0.1, 0.15) is 6.54 Å². The van der Waals surface area contributed by atoms with Crippen molar-refractivity contribution in [1.29, 1.82) is 0 Å². The number of halogens is 1. The standard InChI is InChI=1S/C19H30N4O.HI/c1-4-20-19(21-11-9-15(2)3)22-13-18(24)23-12-10-16-7-5-6-8-17(16)14-23;/h5-8,15H,4,9-14H2,1-3H3,(H2,20,21,22);1H. The van der Waals surface area contributed by atoms with Crippen molar-refractivity contribution in [3.63, 3.8) is 0 Å². The molecule has 0 unspecified atom stereocenters. The van der Waals surface area contributed by atoms with Gasteiger partial charge in [0, 0.05) is 26.2 Å². The highest BCUT2D eigenvalue weighted by Gasteiger charge is 2.19. The lowest BCUT2D eigenvalue weighted by Crippen LogP contribution is -2.41. The summed E-state index contributed by atoms with van der Waals surface area (Å²) in [5, 5.41) is 6.49. The lowest BCUT2D eigenvalue weighted by atomic mass is 10.00. The van der Waals surface area contributed by atoms with Crippen LogP contribution < -0.4 is 10.6 Å². The fraction of sp³-hybridized carbons (Fsp3) is 0.579. The molecule has 6 heteroatoms. The first-order valence-electron chi connectivity index (χ1n) is 8.97. The molecule has 140 valence electrons. The molecule has 2 rings (SSSR count). The van der Waals surface area contributed by atoms with E-state index in [-0.39, 0.29) is 36.4 Å². The van der Waals surface area contributed by atoms with Gasteiger partial charge >= 0.3 is 0 Å². The lowest BCUT2D eigenvalue weighted by Gasteiger charge is -2.28. The van der Waals surface area contributed by atoms with E-state index < -0.39 is 0 Å². The molecule has 0 radical (unpaired) electrons. The second kappa shape index (κ2) is 11.3. The van der Waals surface area contributed by atoms with Crippen LogP contribution in [0.2, 0.25) is 0 Å². The summed E-state index contributed by atoms with van der Waals surface area (Å²) < 4.78 is 0. The fourth-order valence-corrected chi connectivity index (χ4v) is 2.78. The number of fused-ring (bicyclic) bond motifs is 1. The summed E-state index contributed by atoms with van der Waals surface area (Å²) >= 11 is 0. The summed E-state index contributed by atoms with van der Waals surface area (Å²) in [5.74, 6) is 1.46. The molecule has 0 fully saturated rings. The number of hydrogen-bond acceptors (Lipinski definition) is 2. The van der Waals surface area contributed by atoms with E-state index in [2.05, 4.69) is 47.7 Å². The summed E-state index contributed by atoms with van der Waals surface area (Å²) in [6.07, 6.45) is 2.01. The van der Waals surface area contributed by atoms with Gasteiger partial charge in [0.05, 0.1) is 0 Å². The predicted octanol–water partition coefficient (Wildman–Crippen LogP) is 2.79. The molecule has 1 aromatic rings. The van der Waals surface area contributed by atoms with E-state index in [0.717, 1.165) is 38.4 Å². The van der Waals surface area contributed by atoms with E-state index >= 15 is 0 Å². The summed E-state index contributed by atoms with van der Waals surface area (Å²) in [6, 6.07) is 8.35. The van der Waals surface area contributed by atoms with Crippen molar-refractivity contribution in [3.8, 4) is 0 Å². The maximum atomic E-state index is 12.5. The molecule has 2 N–H and O–H groups in total. The molecule has 1 aromatic carbocycles. The predicted molar refractivity (Wildman–Crippen MR) is 114 cm³/mol. The normalized spacial score (nSPS) is 13.9. The lowest BCUT2D eigenvalue weighted by molar-refractivity contribution is -0.130.